The van der Waals surface area contributed by atoms with Crippen LogP contribution < -0.4 is 25.4 Å². The predicted octanol–water partition coefficient (Wildman–Crippen LogP) is 3.33. The van der Waals surface area contributed by atoms with E-state index in [1.807, 2.05) is 43.3 Å². The Balaban J connectivity index is 0.00000320. The van der Waals surface area contributed by atoms with Crippen LogP contribution in [0.1, 0.15) is 25.0 Å². The second kappa shape index (κ2) is 11.6. The predicted molar refractivity (Wildman–Crippen MR) is 130 cm³/mol. The second-order valence-corrected chi connectivity index (χ2v) is 6.83. The number of rotatable bonds is 7. The number of benzene rings is 2. The lowest BCUT2D eigenvalue weighted by Crippen LogP contribution is -2.41. The maximum absolute atomic E-state index is 12.1. The van der Waals surface area contributed by atoms with Crippen LogP contribution in [0.2, 0.25) is 0 Å². The number of amides is 1. The summed E-state index contributed by atoms with van der Waals surface area (Å²) in [6, 6.07) is 13.4. The Kier molecular flexibility index (Phi) is 9.22. The minimum absolute atomic E-state index is 0. The first-order chi connectivity index (χ1) is 14.1. The van der Waals surface area contributed by atoms with Gasteiger partial charge in [-0.3, -0.25) is 9.79 Å². The van der Waals surface area contributed by atoms with Gasteiger partial charge in [0.25, 0.3) is 0 Å². The van der Waals surface area contributed by atoms with Crippen LogP contribution in [0.25, 0.3) is 0 Å². The minimum Gasteiger partial charge on any atom is -0.494 e. The van der Waals surface area contributed by atoms with Crippen LogP contribution >= 0.6 is 24.0 Å². The van der Waals surface area contributed by atoms with Gasteiger partial charge in [0, 0.05) is 36.8 Å². The van der Waals surface area contributed by atoms with Crippen molar-refractivity contribution >= 4 is 41.5 Å². The fraction of sp³-hybridized carbons (Fsp3) is 0.364. The lowest BCUT2D eigenvalue weighted by Gasteiger charge is -2.15. The largest absolute Gasteiger partial charge is 0.494 e. The van der Waals surface area contributed by atoms with E-state index < -0.39 is 0 Å². The highest BCUT2D eigenvalue weighted by molar-refractivity contribution is 14.0. The molecule has 1 aliphatic rings. The Bertz CT molecular complexity index is 874. The van der Waals surface area contributed by atoms with Crippen molar-refractivity contribution < 1.29 is 14.3 Å². The van der Waals surface area contributed by atoms with E-state index in [9.17, 15) is 4.79 Å². The summed E-state index contributed by atoms with van der Waals surface area (Å²) in [5.74, 6) is 2.14. The standard InChI is InChI=1S/C22H28N4O3.HI/c1-4-28-19-11-16-10-15(2)29-20(16)12-17(19)13-24-22(23-3)25-14-21(27)26-18-8-6-5-7-9-18;/h5-9,11-12,15H,4,10,13-14H2,1-3H3,(H,26,27)(H2,23,24,25);1H. The molecule has 3 rings (SSSR count). The highest BCUT2D eigenvalue weighted by Crippen LogP contribution is 2.35. The van der Waals surface area contributed by atoms with Gasteiger partial charge in [-0.15, -0.1) is 24.0 Å². The van der Waals surface area contributed by atoms with Crippen LogP contribution in [0.15, 0.2) is 47.5 Å². The van der Waals surface area contributed by atoms with E-state index in [1.54, 1.807) is 7.05 Å². The molecule has 30 heavy (non-hydrogen) atoms. The first-order valence-corrected chi connectivity index (χ1v) is 9.83. The summed E-state index contributed by atoms with van der Waals surface area (Å²) in [7, 11) is 1.67. The van der Waals surface area contributed by atoms with Crippen molar-refractivity contribution in [1.82, 2.24) is 10.6 Å². The quantitative estimate of drug-likeness (QED) is 0.294. The third-order valence-corrected chi connectivity index (χ3v) is 4.52. The lowest BCUT2D eigenvalue weighted by molar-refractivity contribution is -0.115. The molecular formula is C22H29IN4O3. The van der Waals surface area contributed by atoms with Crippen LogP contribution in [0.4, 0.5) is 5.69 Å². The van der Waals surface area contributed by atoms with Crippen molar-refractivity contribution in [2.45, 2.75) is 32.9 Å². The zero-order valence-electron chi connectivity index (χ0n) is 17.5. The van der Waals surface area contributed by atoms with Gasteiger partial charge in [-0.25, -0.2) is 0 Å². The van der Waals surface area contributed by atoms with Crippen LogP contribution in [-0.4, -0.2) is 38.2 Å². The SMILES string of the molecule is CCOc1cc2c(cc1CNC(=NC)NCC(=O)Nc1ccccc1)OC(C)C2.I. The van der Waals surface area contributed by atoms with E-state index in [1.165, 1.54) is 5.56 Å². The molecule has 0 bridgehead atoms. The lowest BCUT2D eigenvalue weighted by atomic mass is 10.1. The number of carbonyl (C=O) groups excluding carboxylic acids is 1. The number of guanidine groups is 1. The summed E-state index contributed by atoms with van der Waals surface area (Å²) in [6.07, 6.45) is 1.07. The van der Waals surface area contributed by atoms with Crippen LogP contribution in [0.5, 0.6) is 11.5 Å². The molecule has 3 N–H and O–H groups in total. The Morgan fingerprint density at radius 3 is 2.70 bits per heavy atom. The van der Waals surface area contributed by atoms with E-state index in [4.69, 9.17) is 9.47 Å². The molecule has 0 fully saturated rings. The molecule has 0 aromatic heterocycles. The summed E-state index contributed by atoms with van der Waals surface area (Å²) in [6.45, 7) is 5.23. The van der Waals surface area contributed by atoms with E-state index in [2.05, 4.69) is 33.9 Å². The van der Waals surface area contributed by atoms with Crippen molar-refractivity contribution in [3.63, 3.8) is 0 Å². The van der Waals surface area contributed by atoms with Gasteiger partial charge >= 0.3 is 0 Å². The molecule has 1 atom stereocenters. The monoisotopic (exact) mass is 524 g/mol. The molecule has 0 spiro atoms. The average molecular weight is 524 g/mol. The zero-order chi connectivity index (χ0) is 20.6. The van der Waals surface area contributed by atoms with E-state index in [-0.39, 0.29) is 42.5 Å². The average Bonchev–Trinajstić information content (AvgIpc) is 3.08. The van der Waals surface area contributed by atoms with Gasteiger partial charge in [0.05, 0.1) is 13.2 Å². The number of nitrogens with one attached hydrogen (secondary N) is 3. The fourth-order valence-electron chi connectivity index (χ4n) is 3.20. The van der Waals surface area contributed by atoms with Gasteiger partial charge in [0.2, 0.25) is 5.91 Å². The van der Waals surface area contributed by atoms with Gasteiger partial charge in [-0.2, -0.15) is 0 Å². The Hall–Kier alpha value is -2.49. The number of carbonyl (C=O) groups is 1. The normalized spacial score (nSPS) is 14.8. The first kappa shape index (κ1) is 23.8. The number of hydrogen-bond acceptors (Lipinski definition) is 4. The van der Waals surface area contributed by atoms with Crippen molar-refractivity contribution in [1.29, 1.82) is 0 Å². The number of para-hydroxylation sites is 1. The maximum atomic E-state index is 12.1. The molecule has 1 heterocycles. The van der Waals surface area contributed by atoms with Gasteiger partial charge in [-0.1, -0.05) is 18.2 Å². The van der Waals surface area contributed by atoms with Crippen LogP contribution in [-0.2, 0) is 17.8 Å². The molecule has 162 valence electrons. The number of anilines is 1. The van der Waals surface area contributed by atoms with E-state index in [0.29, 0.717) is 19.1 Å². The van der Waals surface area contributed by atoms with Crippen molar-refractivity contribution in [2.24, 2.45) is 4.99 Å². The maximum Gasteiger partial charge on any atom is 0.243 e. The molecule has 0 aliphatic carbocycles. The van der Waals surface area contributed by atoms with Gasteiger partial charge in [0.15, 0.2) is 5.96 Å². The molecule has 8 heteroatoms. The highest BCUT2D eigenvalue weighted by atomic mass is 127. The molecule has 1 aliphatic heterocycles. The van der Waals surface area contributed by atoms with Gasteiger partial charge in [0.1, 0.15) is 17.6 Å². The summed E-state index contributed by atoms with van der Waals surface area (Å²) in [4.78, 5) is 16.3. The third-order valence-electron chi connectivity index (χ3n) is 4.52. The van der Waals surface area contributed by atoms with Crippen molar-refractivity contribution in [3.05, 3.63) is 53.6 Å². The molecular weight excluding hydrogens is 495 g/mol. The molecule has 1 unspecified atom stereocenters. The molecule has 0 radical (unpaired) electrons. The minimum atomic E-state index is -0.144. The fourth-order valence-corrected chi connectivity index (χ4v) is 3.20. The zero-order valence-corrected chi connectivity index (χ0v) is 19.9. The number of nitrogens with zero attached hydrogens (tertiary/aromatic N) is 1. The van der Waals surface area contributed by atoms with E-state index >= 15 is 0 Å². The number of fused-ring (bicyclic) bond motifs is 1. The molecule has 1 amide bonds. The molecule has 0 saturated heterocycles. The Labute approximate surface area is 194 Å². The van der Waals surface area contributed by atoms with Gasteiger partial charge < -0.3 is 25.4 Å². The number of aliphatic imine (C=N–C) groups is 1. The summed E-state index contributed by atoms with van der Waals surface area (Å²) in [5, 5.41) is 9.09. The van der Waals surface area contributed by atoms with Crippen molar-refractivity contribution in [3.8, 4) is 11.5 Å². The smallest absolute Gasteiger partial charge is 0.243 e. The highest BCUT2D eigenvalue weighted by Gasteiger charge is 2.22. The van der Waals surface area contributed by atoms with Crippen molar-refractivity contribution in [2.75, 3.05) is 25.5 Å². The Morgan fingerprint density at radius 2 is 2.00 bits per heavy atom. The summed E-state index contributed by atoms with van der Waals surface area (Å²) < 4.78 is 11.7. The second-order valence-electron chi connectivity index (χ2n) is 6.83. The number of halogens is 1. The third kappa shape index (κ3) is 6.51. The molecule has 2 aromatic carbocycles. The number of hydrogen-bond donors (Lipinski definition) is 3. The van der Waals surface area contributed by atoms with Crippen LogP contribution in [0, 0.1) is 0 Å². The molecule has 7 nitrogen and oxygen atoms in total. The topological polar surface area (TPSA) is 84.0 Å². The summed E-state index contributed by atoms with van der Waals surface area (Å²) in [5.41, 5.74) is 2.91. The van der Waals surface area contributed by atoms with Crippen LogP contribution in [0.3, 0.4) is 0 Å². The van der Waals surface area contributed by atoms with Gasteiger partial charge in [-0.05, 0) is 38.1 Å². The molecule has 0 saturated carbocycles. The summed E-state index contributed by atoms with van der Waals surface area (Å²) >= 11 is 0. The van der Waals surface area contributed by atoms with E-state index in [0.717, 1.165) is 29.2 Å². The molecule has 2 aromatic rings. The number of ether oxygens (including phenoxy) is 2. The Morgan fingerprint density at radius 1 is 1.23 bits per heavy atom. The first-order valence-electron chi connectivity index (χ1n) is 9.83.